The molecule has 23 heavy (non-hydrogen) atoms. The number of hydrogen-bond donors (Lipinski definition) is 1. The first kappa shape index (κ1) is 13.7. The molecule has 0 bridgehead atoms. The lowest BCUT2D eigenvalue weighted by Gasteiger charge is -2.00. The van der Waals surface area contributed by atoms with Crippen LogP contribution >= 0.6 is 11.3 Å². The molecule has 0 amide bonds. The molecule has 0 aliphatic rings. The molecule has 6 nitrogen and oxygen atoms in total. The van der Waals surface area contributed by atoms with Crippen molar-refractivity contribution in [1.29, 1.82) is 0 Å². The maximum atomic E-state index is 12.2. The van der Waals surface area contributed by atoms with Crippen molar-refractivity contribution >= 4 is 28.2 Å². The van der Waals surface area contributed by atoms with E-state index in [0.29, 0.717) is 17.3 Å². The summed E-state index contributed by atoms with van der Waals surface area (Å²) in [5.41, 5.74) is 2.23. The van der Waals surface area contributed by atoms with Gasteiger partial charge >= 0.3 is 5.97 Å². The Labute approximate surface area is 134 Å². The van der Waals surface area contributed by atoms with Crippen LogP contribution in [0.2, 0.25) is 0 Å². The van der Waals surface area contributed by atoms with E-state index in [-0.39, 0.29) is 6.61 Å². The van der Waals surface area contributed by atoms with Gasteiger partial charge in [-0.2, -0.15) is 16.3 Å². The van der Waals surface area contributed by atoms with E-state index in [2.05, 4.69) is 15.1 Å². The van der Waals surface area contributed by atoms with Crippen LogP contribution in [0.1, 0.15) is 16.2 Å². The summed E-state index contributed by atoms with van der Waals surface area (Å²) in [5, 5.41) is 8.48. The average Bonchev–Trinajstić information content (AvgIpc) is 3.31. The van der Waals surface area contributed by atoms with Crippen molar-refractivity contribution in [3.8, 4) is 11.5 Å². The van der Waals surface area contributed by atoms with Crippen LogP contribution < -0.4 is 0 Å². The van der Waals surface area contributed by atoms with E-state index in [4.69, 9.17) is 9.26 Å². The predicted molar refractivity (Wildman–Crippen MR) is 85.0 cm³/mol. The van der Waals surface area contributed by atoms with Gasteiger partial charge in [-0.25, -0.2) is 4.79 Å². The van der Waals surface area contributed by atoms with E-state index >= 15 is 0 Å². The fraction of sp³-hybridized carbons (Fsp3) is 0.0625. The van der Waals surface area contributed by atoms with Crippen molar-refractivity contribution in [3.05, 3.63) is 58.7 Å². The van der Waals surface area contributed by atoms with Gasteiger partial charge in [-0.15, -0.1) is 0 Å². The number of rotatable bonds is 4. The van der Waals surface area contributed by atoms with E-state index in [0.717, 1.165) is 16.5 Å². The summed E-state index contributed by atoms with van der Waals surface area (Å²) in [4.78, 5) is 19.5. The summed E-state index contributed by atoms with van der Waals surface area (Å²) < 4.78 is 10.4. The van der Waals surface area contributed by atoms with Crippen LogP contribution in [0.15, 0.2) is 51.8 Å². The molecule has 0 fully saturated rings. The Balaban J connectivity index is 1.48. The number of hydrogen-bond acceptors (Lipinski definition) is 6. The highest BCUT2D eigenvalue weighted by molar-refractivity contribution is 7.08. The van der Waals surface area contributed by atoms with Crippen molar-refractivity contribution in [2.24, 2.45) is 0 Å². The molecule has 0 aliphatic heterocycles. The normalized spacial score (nSPS) is 11.0. The van der Waals surface area contributed by atoms with Gasteiger partial charge in [0.25, 0.3) is 5.89 Å². The Morgan fingerprint density at radius 2 is 2.22 bits per heavy atom. The molecule has 0 aliphatic carbocycles. The summed E-state index contributed by atoms with van der Waals surface area (Å²) in [6.45, 7) is -0.0357. The number of para-hydroxylation sites is 1. The number of esters is 1. The summed E-state index contributed by atoms with van der Waals surface area (Å²) >= 11 is 1.54. The molecule has 0 saturated carbocycles. The molecule has 4 aromatic rings. The molecule has 3 heterocycles. The van der Waals surface area contributed by atoms with Crippen LogP contribution in [0.4, 0.5) is 0 Å². The summed E-state index contributed by atoms with van der Waals surface area (Å²) in [7, 11) is 0. The highest BCUT2D eigenvalue weighted by Crippen LogP contribution is 2.21. The third-order valence-electron chi connectivity index (χ3n) is 3.38. The molecule has 0 saturated heterocycles. The van der Waals surface area contributed by atoms with Crippen LogP contribution in [-0.4, -0.2) is 21.1 Å². The fourth-order valence-corrected chi connectivity index (χ4v) is 2.89. The highest BCUT2D eigenvalue weighted by atomic mass is 32.1. The number of benzene rings is 1. The van der Waals surface area contributed by atoms with Gasteiger partial charge in [0, 0.05) is 22.5 Å². The molecule has 1 aromatic carbocycles. The molecule has 0 radical (unpaired) electrons. The minimum Gasteiger partial charge on any atom is -0.454 e. The van der Waals surface area contributed by atoms with Gasteiger partial charge in [0.15, 0.2) is 6.61 Å². The van der Waals surface area contributed by atoms with Crippen molar-refractivity contribution < 1.29 is 14.1 Å². The fourth-order valence-electron chi connectivity index (χ4n) is 2.26. The van der Waals surface area contributed by atoms with Crippen LogP contribution in [0, 0.1) is 0 Å². The number of nitrogens with zero attached hydrogens (tertiary/aromatic N) is 2. The Kier molecular flexibility index (Phi) is 3.39. The van der Waals surface area contributed by atoms with E-state index in [1.54, 1.807) is 17.5 Å². The largest absolute Gasteiger partial charge is 0.454 e. The van der Waals surface area contributed by atoms with Gasteiger partial charge in [0.2, 0.25) is 5.82 Å². The Morgan fingerprint density at radius 1 is 1.30 bits per heavy atom. The molecule has 4 rings (SSSR count). The number of carbonyl (C=O) groups excluding carboxylic acids is 1. The molecule has 114 valence electrons. The maximum Gasteiger partial charge on any atom is 0.340 e. The van der Waals surface area contributed by atoms with Crippen LogP contribution in [-0.2, 0) is 11.3 Å². The van der Waals surface area contributed by atoms with E-state index in [1.807, 2.05) is 41.1 Å². The predicted octanol–water partition coefficient (Wildman–Crippen LogP) is 3.64. The molecule has 0 unspecified atom stereocenters. The Hall–Kier alpha value is -2.93. The van der Waals surface area contributed by atoms with Crippen molar-refractivity contribution in [2.45, 2.75) is 6.61 Å². The Morgan fingerprint density at radius 3 is 3.09 bits per heavy atom. The van der Waals surface area contributed by atoms with Crippen molar-refractivity contribution in [1.82, 2.24) is 15.1 Å². The second-order valence-corrected chi connectivity index (χ2v) is 5.63. The molecule has 3 aromatic heterocycles. The SMILES string of the molecule is O=C(OCc1noc(-c2ccsc2)n1)c1c[nH]c2ccccc12. The number of carbonyl (C=O) groups is 1. The topological polar surface area (TPSA) is 81.0 Å². The molecule has 0 spiro atoms. The number of fused-ring (bicyclic) bond motifs is 1. The number of ether oxygens (including phenoxy) is 1. The minimum atomic E-state index is -0.427. The third-order valence-corrected chi connectivity index (χ3v) is 4.06. The monoisotopic (exact) mass is 325 g/mol. The molecule has 0 atom stereocenters. The molecule has 7 heteroatoms. The second kappa shape index (κ2) is 5.69. The zero-order chi connectivity index (χ0) is 15.6. The number of aromatic nitrogens is 3. The van der Waals surface area contributed by atoms with Gasteiger partial charge in [-0.3, -0.25) is 0 Å². The first-order valence-electron chi connectivity index (χ1n) is 6.89. The standard InChI is InChI=1S/C16H11N3O3S/c20-16(12-7-17-13-4-2-1-3-11(12)13)21-8-14-18-15(22-19-14)10-5-6-23-9-10/h1-7,9,17H,8H2. The highest BCUT2D eigenvalue weighted by Gasteiger charge is 2.15. The van der Waals surface area contributed by atoms with Gasteiger partial charge in [0.05, 0.1) is 11.1 Å². The van der Waals surface area contributed by atoms with Gasteiger partial charge in [0.1, 0.15) is 0 Å². The van der Waals surface area contributed by atoms with E-state index in [1.165, 1.54) is 0 Å². The van der Waals surface area contributed by atoms with Crippen LogP contribution in [0.5, 0.6) is 0 Å². The lowest BCUT2D eigenvalue weighted by atomic mass is 10.2. The summed E-state index contributed by atoms with van der Waals surface area (Å²) in [6.07, 6.45) is 1.64. The third kappa shape index (κ3) is 2.62. The van der Waals surface area contributed by atoms with Gasteiger partial charge in [-0.05, 0) is 17.5 Å². The minimum absolute atomic E-state index is 0.0357. The van der Waals surface area contributed by atoms with Crippen molar-refractivity contribution in [2.75, 3.05) is 0 Å². The maximum absolute atomic E-state index is 12.2. The summed E-state index contributed by atoms with van der Waals surface area (Å²) in [5.74, 6) is 0.327. The number of H-pyrrole nitrogens is 1. The lowest BCUT2D eigenvalue weighted by Crippen LogP contribution is -2.05. The smallest absolute Gasteiger partial charge is 0.340 e. The second-order valence-electron chi connectivity index (χ2n) is 4.85. The van der Waals surface area contributed by atoms with E-state index in [9.17, 15) is 4.79 Å². The number of thiophene rings is 1. The summed E-state index contributed by atoms with van der Waals surface area (Å²) in [6, 6.07) is 9.43. The molecular formula is C16H11N3O3S. The Bertz CT molecular complexity index is 956. The molecule has 1 N–H and O–H groups in total. The van der Waals surface area contributed by atoms with Crippen LogP contribution in [0.3, 0.4) is 0 Å². The zero-order valence-corrected chi connectivity index (χ0v) is 12.7. The molecular weight excluding hydrogens is 314 g/mol. The first-order chi connectivity index (χ1) is 11.3. The number of nitrogens with one attached hydrogen (secondary N) is 1. The van der Waals surface area contributed by atoms with Crippen molar-refractivity contribution in [3.63, 3.8) is 0 Å². The van der Waals surface area contributed by atoms with E-state index < -0.39 is 5.97 Å². The number of aromatic amines is 1. The zero-order valence-electron chi connectivity index (χ0n) is 11.9. The quantitative estimate of drug-likeness (QED) is 0.579. The van der Waals surface area contributed by atoms with Crippen LogP contribution in [0.25, 0.3) is 22.4 Å². The average molecular weight is 325 g/mol. The van der Waals surface area contributed by atoms with Gasteiger partial charge < -0.3 is 14.2 Å². The van der Waals surface area contributed by atoms with Gasteiger partial charge in [-0.1, -0.05) is 23.4 Å². The lowest BCUT2D eigenvalue weighted by molar-refractivity contribution is 0.0462. The first-order valence-corrected chi connectivity index (χ1v) is 7.84.